The fourth-order valence-corrected chi connectivity index (χ4v) is 3.78. The Balaban J connectivity index is 1.63. The van der Waals surface area contributed by atoms with Crippen molar-refractivity contribution >= 4 is 28.1 Å². The molecule has 0 fully saturated rings. The second-order valence-corrected chi connectivity index (χ2v) is 7.70. The summed E-state index contributed by atoms with van der Waals surface area (Å²) >= 11 is 0. The summed E-state index contributed by atoms with van der Waals surface area (Å²) in [5.74, 6) is 1.95. The quantitative estimate of drug-likeness (QED) is 0.304. The number of allylic oxidation sites excluding steroid dienone is 1. The normalized spacial score (nSPS) is 11.4. The molecular weight excluding hydrogens is 430 g/mol. The van der Waals surface area contributed by atoms with Gasteiger partial charge in [0.2, 0.25) is 5.91 Å². The number of hydrogen-bond acceptors (Lipinski definition) is 5. The van der Waals surface area contributed by atoms with Crippen LogP contribution in [0.3, 0.4) is 0 Å². The molecule has 0 spiro atoms. The van der Waals surface area contributed by atoms with Gasteiger partial charge >= 0.3 is 0 Å². The molecule has 0 unspecified atom stereocenters. The van der Waals surface area contributed by atoms with Crippen molar-refractivity contribution in [2.24, 2.45) is 0 Å². The van der Waals surface area contributed by atoms with Gasteiger partial charge in [0.1, 0.15) is 22.8 Å². The van der Waals surface area contributed by atoms with Gasteiger partial charge < -0.3 is 23.9 Å². The van der Waals surface area contributed by atoms with Crippen LogP contribution in [0.1, 0.15) is 19.4 Å². The number of anilines is 1. The monoisotopic (exact) mass is 457 g/mol. The molecule has 34 heavy (non-hydrogen) atoms. The minimum absolute atomic E-state index is 0.230. The fraction of sp³-hybridized carbons (Fsp3) is 0.179. The lowest BCUT2D eigenvalue weighted by Crippen LogP contribution is -2.08. The first-order chi connectivity index (χ1) is 16.5. The van der Waals surface area contributed by atoms with Gasteiger partial charge in [-0.1, -0.05) is 12.1 Å². The summed E-state index contributed by atoms with van der Waals surface area (Å²) in [6, 6.07) is 18.9. The highest BCUT2D eigenvalue weighted by molar-refractivity contribution is 6.05. The molecule has 0 radical (unpaired) electrons. The molecule has 0 aliphatic carbocycles. The number of hydrogen-bond donors (Lipinski definition) is 1. The van der Waals surface area contributed by atoms with Crippen molar-refractivity contribution in [1.82, 2.24) is 0 Å². The zero-order chi connectivity index (χ0) is 24.1. The molecule has 3 aromatic carbocycles. The van der Waals surface area contributed by atoms with Gasteiger partial charge in [0.15, 0.2) is 0 Å². The number of amides is 1. The van der Waals surface area contributed by atoms with Gasteiger partial charge in [0.05, 0.1) is 27.1 Å². The number of fused-ring (bicyclic) bond motifs is 1. The summed E-state index contributed by atoms with van der Waals surface area (Å²) < 4.78 is 22.1. The van der Waals surface area contributed by atoms with E-state index in [2.05, 4.69) is 5.32 Å². The molecular formula is C28H27NO5. The highest BCUT2D eigenvalue weighted by Crippen LogP contribution is 2.37. The molecule has 4 rings (SSSR count). The number of nitrogens with one attached hydrogen (secondary N) is 1. The number of ether oxygens (including phenoxy) is 3. The Bertz CT molecular complexity index is 1320. The molecule has 0 bridgehead atoms. The zero-order valence-corrected chi connectivity index (χ0v) is 19.7. The molecule has 6 nitrogen and oxygen atoms in total. The van der Waals surface area contributed by atoms with Gasteiger partial charge in [-0.3, -0.25) is 4.79 Å². The predicted molar refractivity (Wildman–Crippen MR) is 135 cm³/mol. The van der Waals surface area contributed by atoms with E-state index in [1.807, 2.05) is 74.5 Å². The first-order valence-electron chi connectivity index (χ1n) is 11.0. The Labute approximate surface area is 198 Å². The van der Waals surface area contributed by atoms with Crippen LogP contribution < -0.4 is 19.5 Å². The zero-order valence-electron chi connectivity index (χ0n) is 19.7. The molecule has 0 atom stereocenters. The molecule has 1 heterocycles. The van der Waals surface area contributed by atoms with Crippen molar-refractivity contribution in [3.8, 4) is 28.4 Å². The van der Waals surface area contributed by atoms with Crippen LogP contribution in [-0.4, -0.2) is 26.7 Å². The highest BCUT2D eigenvalue weighted by atomic mass is 16.5. The van der Waals surface area contributed by atoms with Crippen LogP contribution >= 0.6 is 0 Å². The first-order valence-corrected chi connectivity index (χ1v) is 11.0. The SMILES string of the molecule is CCOc1ccc(NC(=O)/C=C(\C)c2cc3c(-c4ccc(OC)cc4)coc3cc2OC)cc1. The minimum atomic E-state index is -0.230. The summed E-state index contributed by atoms with van der Waals surface area (Å²) in [5, 5.41) is 3.82. The summed E-state index contributed by atoms with van der Waals surface area (Å²) in [4.78, 5) is 12.7. The van der Waals surface area contributed by atoms with Crippen LogP contribution in [0.2, 0.25) is 0 Å². The van der Waals surface area contributed by atoms with E-state index >= 15 is 0 Å². The van der Waals surface area contributed by atoms with E-state index < -0.39 is 0 Å². The van der Waals surface area contributed by atoms with Gasteiger partial charge in [-0.15, -0.1) is 0 Å². The molecule has 0 aliphatic heterocycles. The lowest BCUT2D eigenvalue weighted by molar-refractivity contribution is -0.111. The molecule has 0 saturated carbocycles. The predicted octanol–water partition coefficient (Wildman–Crippen LogP) is 6.56. The van der Waals surface area contributed by atoms with Crippen LogP contribution in [0, 0.1) is 0 Å². The Morgan fingerprint density at radius 1 is 0.971 bits per heavy atom. The van der Waals surface area contributed by atoms with E-state index in [0.717, 1.165) is 39.1 Å². The van der Waals surface area contributed by atoms with E-state index in [1.165, 1.54) is 0 Å². The van der Waals surface area contributed by atoms with Gasteiger partial charge in [-0.25, -0.2) is 0 Å². The van der Waals surface area contributed by atoms with Gasteiger partial charge in [-0.05, 0) is 67.4 Å². The topological polar surface area (TPSA) is 69.9 Å². The van der Waals surface area contributed by atoms with E-state index in [9.17, 15) is 4.79 Å². The van der Waals surface area contributed by atoms with E-state index in [-0.39, 0.29) is 5.91 Å². The number of benzene rings is 3. The molecule has 1 N–H and O–H groups in total. The maximum absolute atomic E-state index is 12.7. The van der Waals surface area contributed by atoms with Gasteiger partial charge in [0, 0.05) is 34.3 Å². The molecule has 1 aromatic heterocycles. The molecule has 6 heteroatoms. The van der Waals surface area contributed by atoms with Crippen molar-refractivity contribution in [2.75, 3.05) is 26.1 Å². The fourth-order valence-electron chi connectivity index (χ4n) is 3.78. The second kappa shape index (κ2) is 10.2. The largest absolute Gasteiger partial charge is 0.497 e. The van der Waals surface area contributed by atoms with E-state index in [4.69, 9.17) is 18.6 Å². The summed E-state index contributed by atoms with van der Waals surface area (Å²) in [5.41, 5.74) is 4.94. The molecule has 0 saturated heterocycles. The van der Waals surface area contributed by atoms with Crippen LogP contribution in [0.25, 0.3) is 27.7 Å². The Kier molecular flexibility index (Phi) is 6.87. The third-order valence-electron chi connectivity index (χ3n) is 5.50. The van der Waals surface area contributed by atoms with Crippen molar-refractivity contribution in [1.29, 1.82) is 0 Å². The van der Waals surface area contributed by atoms with Gasteiger partial charge in [0.25, 0.3) is 0 Å². The van der Waals surface area contributed by atoms with Crippen LogP contribution in [0.5, 0.6) is 17.2 Å². The minimum Gasteiger partial charge on any atom is -0.497 e. The molecule has 0 aliphatic rings. The van der Waals surface area contributed by atoms with E-state index in [0.29, 0.717) is 23.6 Å². The average molecular weight is 458 g/mol. The lowest BCUT2D eigenvalue weighted by atomic mass is 9.99. The summed E-state index contributed by atoms with van der Waals surface area (Å²) in [7, 11) is 3.24. The van der Waals surface area contributed by atoms with Crippen LogP contribution in [-0.2, 0) is 4.79 Å². The molecule has 4 aromatic rings. The number of carbonyl (C=O) groups excluding carboxylic acids is 1. The Hall–Kier alpha value is -4.19. The van der Waals surface area contributed by atoms with E-state index in [1.54, 1.807) is 26.6 Å². The van der Waals surface area contributed by atoms with Crippen molar-refractivity contribution in [2.45, 2.75) is 13.8 Å². The Morgan fingerprint density at radius 3 is 2.32 bits per heavy atom. The Morgan fingerprint density at radius 2 is 1.68 bits per heavy atom. The molecule has 1 amide bonds. The number of carbonyl (C=O) groups is 1. The highest BCUT2D eigenvalue weighted by Gasteiger charge is 2.15. The van der Waals surface area contributed by atoms with Crippen molar-refractivity contribution < 1.29 is 23.4 Å². The third-order valence-corrected chi connectivity index (χ3v) is 5.50. The van der Waals surface area contributed by atoms with Crippen molar-refractivity contribution in [3.05, 3.63) is 78.6 Å². The molecule has 174 valence electrons. The lowest BCUT2D eigenvalue weighted by Gasteiger charge is -2.10. The maximum Gasteiger partial charge on any atom is 0.248 e. The van der Waals surface area contributed by atoms with Gasteiger partial charge in [-0.2, -0.15) is 0 Å². The number of methoxy groups -OCH3 is 2. The standard InChI is InChI=1S/C28H27NO5/c1-5-33-22-12-8-20(9-13-22)29-28(30)14-18(2)23-15-24-25(17-34-27(24)16-26(23)32-4)19-6-10-21(31-3)11-7-19/h6-17H,5H2,1-4H3,(H,29,30)/b18-14+. The maximum atomic E-state index is 12.7. The summed E-state index contributed by atoms with van der Waals surface area (Å²) in [6.45, 7) is 4.41. The first kappa shape index (κ1) is 23.0. The smallest absolute Gasteiger partial charge is 0.248 e. The third kappa shape index (κ3) is 4.91. The summed E-state index contributed by atoms with van der Waals surface area (Å²) in [6.07, 6.45) is 3.29. The number of furan rings is 1. The van der Waals surface area contributed by atoms with Crippen LogP contribution in [0.15, 0.2) is 77.4 Å². The number of rotatable bonds is 8. The average Bonchev–Trinajstić information content (AvgIpc) is 3.27. The second-order valence-electron chi connectivity index (χ2n) is 7.70. The van der Waals surface area contributed by atoms with Crippen LogP contribution in [0.4, 0.5) is 5.69 Å². The van der Waals surface area contributed by atoms with Crippen molar-refractivity contribution in [3.63, 3.8) is 0 Å².